The Bertz CT molecular complexity index is 125. The van der Waals surface area contributed by atoms with E-state index in [1.165, 1.54) is 32.1 Å². The van der Waals surface area contributed by atoms with Crippen LogP contribution < -0.4 is 5.32 Å². The van der Waals surface area contributed by atoms with Crippen LogP contribution in [0.5, 0.6) is 0 Å². The molecule has 1 saturated carbocycles. The van der Waals surface area contributed by atoms with Crippen molar-refractivity contribution in [1.29, 1.82) is 0 Å². The summed E-state index contributed by atoms with van der Waals surface area (Å²) in [4.78, 5) is 0. The van der Waals surface area contributed by atoms with Gasteiger partial charge in [0.25, 0.3) is 0 Å². The Morgan fingerprint density at radius 3 is 2.67 bits per heavy atom. The summed E-state index contributed by atoms with van der Waals surface area (Å²) in [5.74, 6) is 0. The van der Waals surface area contributed by atoms with Gasteiger partial charge in [-0.15, -0.1) is 6.58 Å². The fraction of sp³-hybridized carbons (Fsp3) is 0.818. The molecule has 70 valence electrons. The highest BCUT2D eigenvalue weighted by molar-refractivity contribution is 4.79. The lowest BCUT2D eigenvalue weighted by Crippen LogP contribution is -2.37. The molecule has 1 rings (SSSR count). The van der Waals surface area contributed by atoms with E-state index < -0.39 is 0 Å². The largest absolute Gasteiger partial charge is 0.311 e. The lowest BCUT2D eigenvalue weighted by Gasteiger charge is -2.26. The van der Waals surface area contributed by atoms with Gasteiger partial charge in [-0.2, -0.15) is 0 Å². The van der Waals surface area contributed by atoms with Crippen LogP contribution in [0, 0.1) is 0 Å². The summed E-state index contributed by atoms with van der Waals surface area (Å²) in [6.45, 7) is 6.00. The van der Waals surface area contributed by atoms with Gasteiger partial charge in [-0.05, 0) is 26.2 Å². The summed E-state index contributed by atoms with van der Waals surface area (Å²) in [6, 6.07) is 1.40. The number of hydrogen-bond acceptors (Lipinski definition) is 1. The third kappa shape index (κ3) is 3.40. The van der Waals surface area contributed by atoms with Gasteiger partial charge >= 0.3 is 0 Å². The molecule has 1 aliphatic carbocycles. The van der Waals surface area contributed by atoms with E-state index in [9.17, 15) is 0 Å². The molecule has 0 aromatic carbocycles. The van der Waals surface area contributed by atoms with Gasteiger partial charge in [0.2, 0.25) is 0 Å². The van der Waals surface area contributed by atoms with E-state index in [0.29, 0.717) is 6.04 Å². The molecule has 0 radical (unpaired) electrons. The zero-order chi connectivity index (χ0) is 8.81. The van der Waals surface area contributed by atoms with Crippen LogP contribution in [0.25, 0.3) is 0 Å². The first-order valence-electron chi connectivity index (χ1n) is 5.20. The molecular formula is C11H21N. The number of nitrogens with one attached hydrogen (secondary N) is 1. The number of rotatable bonds is 4. The van der Waals surface area contributed by atoms with Crippen LogP contribution in [-0.4, -0.2) is 12.1 Å². The van der Waals surface area contributed by atoms with Crippen molar-refractivity contribution in [1.82, 2.24) is 5.32 Å². The fourth-order valence-corrected chi connectivity index (χ4v) is 1.99. The average molecular weight is 167 g/mol. The predicted molar refractivity (Wildman–Crippen MR) is 54.3 cm³/mol. The molecule has 1 N–H and O–H groups in total. The molecule has 1 heteroatoms. The maximum Gasteiger partial charge on any atom is 0.00757 e. The monoisotopic (exact) mass is 167 g/mol. The Balaban J connectivity index is 2.15. The molecule has 0 bridgehead atoms. The Labute approximate surface area is 76.2 Å². The highest BCUT2D eigenvalue weighted by Gasteiger charge is 2.14. The smallest absolute Gasteiger partial charge is 0.00757 e. The summed E-state index contributed by atoms with van der Waals surface area (Å²) in [5, 5.41) is 3.65. The van der Waals surface area contributed by atoms with Crippen molar-refractivity contribution in [2.45, 2.75) is 57.5 Å². The maximum atomic E-state index is 3.75. The second kappa shape index (κ2) is 5.36. The van der Waals surface area contributed by atoms with Gasteiger partial charge in [0.15, 0.2) is 0 Å². The Hall–Kier alpha value is -0.300. The minimum Gasteiger partial charge on any atom is -0.311 e. The van der Waals surface area contributed by atoms with Crippen LogP contribution in [0.2, 0.25) is 0 Å². The summed E-state index contributed by atoms with van der Waals surface area (Å²) >= 11 is 0. The van der Waals surface area contributed by atoms with Crippen LogP contribution in [0.3, 0.4) is 0 Å². The first kappa shape index (κ1) is 9.79. The number of hydrogen-bond donors (Lipinski definition) is 1. The topological polar surface area (TPSA) is 12.0 Å². The van der Waals surface area contributed by atoms with Crippen molar-refractivity contribution in [3.63, 3.8) is 0 Å². The zero-order valence-corrected chi connectivity index (χ0v) is 8.18. The molecule has 0 aliphatic heterocycles. The van der Waals surface area contributed by atoms with Gasteiger partial charge in [0.05, 0.1) is 0 Å². The van der Waals surface area contributed by atoms with Gasteiger partial charge < -0.3 is 5.32 Å². The van der Waals surface area contributed by atoms with Crippen LogP contribution in [0.4, 0.5) is 0 Å². The highest BCUT2D eigenvalue weighted by atomic mass is 14.9. The minimum atomic E-state index is 0.616. The van der Waals surface area contributed by atoms with E-state index in [0.717, 1.165) is 12.5 Å². The van der Waals surface area contributed by atoms with E-state index >= 15 is 0 Å². The molecule has 1 aliphatic rings. The molecule has 1 unspecified atom stereocenters. The molecule has 0 amide bonds. The molecule has 0 saturated heterocycles. The van der Waals surface area contributed by atoms with Crippen LogP contribution in [0.1, 0.15) is 45.4 Å². The van der Waals surface area contributed by atoms with Crippen molar-refractivity contribution < 1.29 is 0 Å². The normalized spacial score (nSPS) is 22.1. The van der Waals surface area contributed by atoms with Gasteiger partial charge in [0, 0.05) is 12.1 Å². The molecule has 0 aromatic heterocycles. The Morgan fingerprint density at radius 1 is 1.42 bits per heavy atom. The lowest BCUT2D eigenvalue weighted by atomic mass is 9.95. The van der Waals surface area contributed by atoms with Crippen molar-refractivity contribution >= 4 is 0 Å². The minimum absolute atomic E-state index is 0.616. The second-order valence-electron chi connectivity index (χ2n) is 3.93. The lowest BCUT2D eigenvalue weighted by molar-refractivity contribution is 0.344. The summed E-state index contributed by atoms with van der Waals surface area (Å²) < 4.78 is 0. The van der Waals surface area contributed by atoms with E-state index in [4.69, 9.17) is 0 Å². The van der Waals surface area contributed by atoms with Crippen molar-refractivity contribution in [3.05, 3.63) is 12.7 Å². The quantitative estimate of drug-likeness (QED) is 0.635. The van der Waals surface area contributed by atoms with Gasteiger partial charge in [0.1, 0.15) is 0 Å². The first-order chi connectivity index (χ1) is 5.83. The van der Waals surface area contributed by atoms with E-state index in [1.807, 2.05) is 6.08 Å². The van der Waals surface area contributed by atoms with Crippen LogP contribution in [-0.2, 0) is 0 Å². The molecule has 0 heterocycles. The van der Waals surface area contributed by atoms with E-state index in [1.54, 1.807) is 0 Å². The van der Waals surface area contributed by atoms with Crippen LogP contribution in [0.15, 0.2) is 12.7 Å². The first-order valence-corrected chi connectivity index (χ1v) is 5.20. The molecule has 1 atom stereocenters. The van der Waals surface area contributed by atoms with Crippen LogP contribution >= 0.6 is 0 Å². The van der Waals surface area contributed by atoms with Gasteiger partial charge in [-0.25, -0.2) is 0 Å². The average Bonchev–Trinajstić information content (AvgIpc) is 2.06. The maximum absolute atomic E-state index is 3.75. The fourth-order valence-electron chi connectivity index (χ4n) is 1.99. The molecule has 0 spiro atoms. The van der Waals surface area contributed by atoms with Crippen molar-refractivity contribution in [2.75, 3.05) is 0 Å². The molecule has 12 heavy (non-hydrogen) atoms. The summed E-state index contributed by atoms with van der Waals surface area (Å²) in [6.07, 6.45) is 10.1. The molecular weight excluding hydrogens is 146 g/mol. The predicted octanol–water partition coefficient (Wildman–Crippen LogP) is 2.87. The van der Waals surface area contributed by atoms with E-state index in [-0.39, 0.29) is 0 Å². The summed E-state index contributed by atoms with van der Waals surface area (Å²) in [7, 11) is 0. The summed E-state index contributed by atoms with van der Waals surface area (Å²) in [5.41, 5.74) is 0. The molecule has 1 nitrogen and oxygen atoms in total. The third-order valence-corrected chi connectivity index (χ3v) is 2.65. The SMILES string of the molecule is C=CCC(C)NC1CCCCC1. The zero-order valence-electron chi connectivity index (χ0n) is 8.18. The Morgan fingerprint density at radius 2 is 2.08 bits per heavy atom. The van der Waals surface area contributed by atoms with Crippen molar-refractivity contribution in [3.8, 4) is 0 Å². The Kier molecular flexibility index (Phi) is 4.37. The van der Waals surface area contributed by atoms with Gasteiger partial charge in [-0.1, -0.05) is 25.3 Å². The molecule has 0 aromatic rings. The van der Waals surface area contributed by atoms with Crippen molar-refractivity contribution in [2.24, 2.45) is 0 Å². The third-order valence-electron chi connectivity index (χ3n) is 2.65. The van der Waals surface area contributed by atoms with Gasteiger partial charge in [-0.3, -0.25) is 0 Å². The molecule has 1 fully saturated rings. The standard InChI is InChI=1S/C11H21N/c1-3-7-10(2)12-11-8-5-4-6-9-11/h3,10-12H,1,4-9H2,2H3. The second-order valence-corrected chi connectivity index (χ2v) is 3.93. The van der Waals surface area contributed by atoms with E-state index in [2.05, 4.69) is 18.8 Å². The highest BCUT2D eigenvalue weighted by Crippen LogP contribution is 2.18.